The molecule has 6 rings (SSSR count). The molecule has 3 saturated heterocycles. The highest BCUT2D eigenvalue weighted by Gasteiger charge is 3.03. The molecule has 6 fully saturated rings. The van der Waals surface area contributed by atoms with Crippen LogP contribution in [0.3, 0.4) is 0 Å². The van der Waals surface area contributed by atoms with Crippen molar-refractivity contribution in [3.63, 3.8) is 0 Å². The van der Waals surface area contributed by atoms with Crippen molar-refractivity contribution < 1.29 is 0 Å². The summed E-state index contributed by atoms with van der Waals surface area (Å²) in [5.74, 6) is 3.22. The van der Waals surface area contributed by atoms with Crippen LogP contribution in [0, 0.1) is 17.8 Å². The quantitative estimate of drug-likeness (QED) is 0.444. The second-order valence-electron chi connectivity index (χ2n) is 4.51. The van der Waals surface area contributed by atoms with E-state index in [9.17, 15) is 0 Å². The molecule has 2 heteroatoms. The molecular formula is C7H8N2. The Bertz CT molecular complexity index is 209. The van der Waals surface area contributed by atoms with Crippen molar-refractivity contribution >= 4 is 0 Å². The summed E-state index contributed by atoms with van der Waals surface area (Å²) in [6.07, 6.45) is 0. The highest BCUT2D eigenvalue weighted by molar-refractivity contribution is 5.58. The highest BCUT2D eigenvalue weighted by atomic mass is 15.6. The Hall–Kier alpha value is -0.0800. The van der Waals surface area contributed by atoms with Gasteiger partial charge in [0.15, 0.2) is 0 Å². The second kappa shape index (κ2) is 0.523. The summed E-state index contributed by atoms with van der Waals surface area (Å²) in [6, 6.07) is 2.85. The van der Waals surface area contributed by atoms with Crippen molar-refractivity contribution in [1.29, 1.82) is 0 Å². The molecule has 2 nitrogen and oxygen atoms in total. The highest BCUT2D eigenvalue weighted by Crippen LogP contribution is 2.90. The van der Waals surface area contributed by atoms with E-state index in [-0.39, 0.29) is 0 Å². The first-order chi connectivity index (χ1) is 4.37. The molecule has 0 aromatic rings. The number of hydrogen-bond acceptors (Lipinski definition) is 2. The fraction of sp³-hybridized carbons (Fsp3) is 1.00. The van der Waals surface area contributed by atoms with Crippen LogP contribution in [0.15, 0.2) is 0 Å². The van der Waals surface area contributed by atoms with Crippen LogP contribution in [-0.2, 0) is 0 Å². The Labute approximate surface area is 53.0 Å². The first kappa shape index (κ1) is 3.35. The van der Waals surface area contributed by atoms with E-state index in [1.807, 2.05) is 0 Å². The molecule has 0 amide bonds. The Kier molecular flexibility index (Phi) is 0.195. The lowest BCUT2D eigenvalue weighted by Gasteiger charge is -3.07. The van der Waals surface area contributed by atoms with Gasteiger partial charge in [-0.1, -0.05) is 0 Å². The van der Waals surface area contributed by atoms with Gasteiger partial charge >= 0.3 is 0 Å². The van der Waals surface area contributed by atoms with Gasteiger partial charge in [0.1, 0.15) is 0 Å². The predicted octanol–water partition coefficient (Wildman–Crippen LogP) is -0.992. The maximum absolute atomic E-state index is 6.14. The largest absolute Gasteiger partial charge is 0.322 e. The standard InChI is InChI=1S/C7H8N2/c8-7-3-1-4-2(3)6(7)9(4)5(1)7/h1-6H,8H2/t1-,2-,3?,4?,5+,6+,7?/m0/s1. The van der Waals surface area contributed by atoms with E-state index in [1.165, 1.54) is 0 Å². The summed E-state index contributed by atoms with van der Waals surface area (Å²) in [6.45, 7) is 0. The molecule has 9 heavy (non-hydrogen) atoms. The molecule has 3 heterocycles. The Balaban J connectivity index is 1.93. The van der Waals surface area contributed by atoms with E-state index < -0.39 is 0 Å². The van der Waals surface area contributed by atoms with Crippen LogP contribution in [0.25, 0.3) is 0 Å². The van der Waals surface area contributed by atoms with Gasteiger partial charge in [-0.2, -0.15) is 0 Å². The van der Waals surface area contributed by atoms with Crippen molar-refractivity contribution in [2.45, 2.75) is 23.7 Å². The summed E-state index contributed by atoms with van der Waals surface area (Å²) >= 11 is 0. The SMILES string of the molecule is NC12C3[C@H]4C5[C@H]3[C@H]1N5[C@H]42. The minimum absolute atomic E-state index is 0.393. The summed E-state index contributed by atoms with van der Waals surface area (Å²) in [5.41, 5.74) is 6.53. The van der Waals surface area contributed by atoms with Crippen LogP contribution >= 0.6 is 0 Å². The van der Waals surface area contributed by atoms with Crippen LogP contribution in [0.4, 0.5) is 0 Å². The third-order valence-electron chi connectivity index (χ3n) is 4.94. The van der Waals surface area contributed by atoms with Crippen molar-refractivity contribution in [3.8, 4) is 0 Å². The maximum atomic E-state index is 6.14. The summed E-state index contributed by atoms with van der Waals surface area (Å²) in [4.78, 5) is 2.65. The molecule has 3 aliphatic heterocycles. The van der Waals surface area contributed by atoms with E-state index in [1.54, 1.807) is 0 Å². The maximum Gasteiger partial charge on any atom is 0.0513 e. The molecule has 0 unspecified atom stereocenters. The minimum atomic E-state index is 0.393. The molecule has 3 saturated carbocycles. The molecule has 0 bridgehead atoms. The third kappa shape index (κ3) is 0.0955. The van der Waals surface area contributed by atoms with Crippen molar-refractivity contribution in [1.82, 2.24) is 4.90 Å². The molecular weight excluding hydrogens is 112 g/mol. The number of nitrogens with zero attached hydrogens (tertiary/aromatic N) is 1. The van der Waals surface area contributed by atoms with Crippen molar-refractivity contribution in [2.75, 3.05) is 0 Å². The average Bonchev–Trinajstić information content (AvgIpc) is 1.88. The monoisotopic (exact) mass is 120 g/mol. The second-order valence-corrected chi connectivity index (χ2v) is 4.51. The zero-order valence-electron chi connectivity index (χ0n) is 4.99. The third-order valence-corrected chi connectivity index (χ3v) is 4.94. The molecule has 0 aromatic carbocycles. The summed E-state index contributed by atoms with van der Waals surface area (Å²) in [7, 11) is 0. The van der Waals surface area contributed by atoms with Crippen LogP contribution in [0.1, 0.15) is 0 Å². The Morgan fingerprint density at radius 2 is 1.89 bits per heavy atom. The first-order valence-corrected chi connectivity index (χ1v) is 3.93. The molecule has 0 spiro atoms. The van der Waals surface area contributed by atoms with Crippen LogP contribution in [0.5, 0.6) is 0 Å². The number of hydrogen-bond donors (Lipinski definition) is 1. The fourth-order valence-corrected chi connectivity index (χ4v) is 4.79. The van der Waals surface area contributed by atoms with Gasteiger partial charge < -0.3 is 5.73 Å². The lowest BCUT2D eigenvalue weighted by Crippen LogP contribution is -3.21. The number of nitrogens with two attached hydrogens (primary N) is 1. The molecule has 3 aliphatic carbocycles. The lowest BCUT2D eigenvalue weighted by atomic mass is 9.13. The molecule has 4 atom stereocenters. The predicted molar refractivity (Wildman–Crippen MR) is 30.6 cm³/mol. The van der Waals surface area contributed by atoms with E-state index in [0.29, 0.717) is 5.54 Å². The zero-order valence-corrected chi connectivity index (χ0v) is 4.99. The zero-order chi connectivity index (χ0) is 5.54. The van der Waals surface area contributed by atoms with Gasteiger partial charge in [-0.05, 0) is 17.8 Å². The van der Waals surface area contributed by atoms with E-state index in [4.69, 9.17) is 5.73 Å². The topological polar surface area (TPSA) is 29.3 Å². The van der Waals surface area contributed by atoms with Crippen LogP contribution in [-0.4, -0.2) is 28.6 Å². The van der Waals surface area contributed by atoms with Gasteiger partial charge in [0.2, 0.25) is 0 Å². The van der Waals surface area contributed by atoms with Crippen LogP contribution in [0.2, 0.25) is 0 Å². The Morgan fingerprint density at radius 1 is 1.22 bits per heavy atom. The smallest absolute Gasteiger partial charge is 0.0513 e. The minimum Gasteiger partial charge on any atom is -0.322 e. The van der Waals surface area contributed by atoms with Gasteiger partial charge in [-0.15, -0.1) is 0 Å². The number of rotatable bonds is 0. The molecule has 0 radical (unpaired) electrons. The van der Waals surface area contributed by atoms with Crippen molar-refractivity contribution in [3.05, 3.63) is 0 Å². The first-order valence-electron chi connectivity index (χ1n) is 3.93. The molecule has 46 valence electrons. The van der Waals surface area contributed by atoms with E-state index in [0.717, 1.165) is 35.9 Å². The van der Waals surface area contributed by atoms with Gasteiger partial charge in [0, 0.05) is 18.1 Å². The van der Waals surface area contributed by atoms with Gasteiger partial charge in [0.05, 0.1) is 5.54 Å². The normalized spacial score (nSPS) is 99.7. The van der Waals surface area contributed by atoms with Gasteiger partial charge in [-0.3, -0.25) is 4.90 Å². The van der Waals surface area contributed by atoms with E-state index >= 15 is 0 Å². The fourth-order valence-electron chi connectivity index (χ4n) is 4.79. The lowest BCUT2D eigenvalue weighted by molar-refractivity contribution is -0.554. The molecule has 2 N–H and O–H groups in total. The van der Waals surface area contributed by atoms with E-state index in [2.05, 4.69) is 4.90 Å². The average molecular weight is 120 g/mol. The summed E-state index contributed by atoms with van der Waals surface area (Å²) < 4.78 is 0. The number of piperidine rings is 12. The Morgan fingerprint density at radius 3 is 2.11 bits per heavy atom. The van der Waals surface area contributed by atoms with Gasteiger partial charge in [-0.25, -0.2) is 0 Å². The van der Waals surface area contributed by atoms with Crippen LogP contribution < -0.4 is 5.73 Å². The van der Waals surface area contributed by atoms with Crippen molar-refractivity contribution in [2.24, 2.45) is 23.5 Å². The summed E-state index contributed by atoms with van der Waals surface area (Å²) in [5, 5.41) is 0. The molecule has 6 aliphatic rings. The molecule has 0 aromatic heterocycles. The van der Waals surface area contributed by atoms with Gasteiger partial charge in [0.25, 0.3) is 0 Å².